The molecule has 6 heteroatoms. The van der Waals surface area contributed by atoms with Crippen LogP contribution in [0.5, 0.6) is 5.88 Å². The molecule has 0 saturated carbocycles. The second kappa shape index (κ2) is 6.73. The number of nitrogens with zero attached hydrogens (tertiary/aromatic N) is 2. The van der Waals surface area contributed by atoms with Crippen molar-refractivity contribution in [1.82, 2.24) is 4.98 Å². The summed E-state index contributed by atoms with van der Waals surface area (Å²) in [6.45, 7) is 2.47. The van der Waals surface area contributed by atoms with Crippen molar-refractivity contribution in [1.29, 1.82) is 5.26 Å². The first-order chi connectivity index (χ1) is 11.2. The van der Waals surface area contributed by atoms with Crippen LogP contribution in [0.3, 0.4) is 0 Å². The minimum Gasteiger partial charge on any atom is -0.473 e. The first-order valence-electron chi connectivity index (χ1n) is 7.21. The second-order valence-electron chi connectivity index (χ2n) is 5.22. The molecule has 0 radical (unpaired) electrons. The molecule has 1 aromatic carbocycles. The van der Waals surface area contributed by atoms with E-state index >= 15 is 0 Å². The Balaban J connectivity index is 1.68. The summed E-state index contributed by atoms with van der Waals surface area (Å²) in [6.07, 6.45) is -0.473. The van der Waals surface area contributed by atoms with E-state index in [0.717, 1.165) is 0 Å². The average molecular weight is 314 g/mol. The first-order valence-corrected chi connectivity index (χ1v) is 7.21. The molecular formula is C17H15FN2O3. The van der Waals surface area contributed by atoms with E-state index in [9.17, 15) is 4.39 Å². The fraction of sp³-hybridized carbons (Fsp3) is 0.294. The molecule has 2 heterocycles. The molecule has 1 aromatic heterocycles. The van der Waals surface area contributed by atoms with Crippen molar-refractivity contribution >= 4 is 0 Å². The van der Waals surface area contributed by atoms with Crippen LogP contribution in [0.4, 0.5) is 4.39 Å². The van der Waals surface area contributed by atoms with Gasteiger partial charge in [-0.2, -0.15) is 5.26 Å². The minimum absolute atomic E-state index is 0.0246. The highest BCUT2D eigenvalue weighted by atomic mass is 19.1. The number of aromatic nitrogens is 1. The lowest BCUT2D eigenvalue weighted by molar-refractivity contribution is -0.0605. The van der Waals surface area contributed by atoms with Crippen molar-refractivity contribution in [2.24, 2.45) is 0 Å². The Morgan fingerprint density at radius 2 is 2.26 bits per heavy atom. The zero-order valence-electron chi connectivity index (χ0n) is 12.5. The third-order valence-electron chi connectivity index (χ3n) is 3.38. The molecule has 1 aliphatic heterocycles. The van der Waals surface area contributed by atoms with Gasteiger partial charge in [-0.3, -0.25) is 0 Å². The van der Waals surface area contributed by atoms with Gasteiger partial charge in [-0.25, -0.2) is 9.37 Å². The highest BCUT2D eigenvalue weighted by Crippen LogP contribution is 2.26. The zero-order valence-corrected chi connectivity index (χ0v) is 12.5. The van der Waals surface area contributed by atoms with Crippen molar-refractivity contribution in [2.75, 3.05) is 6.61 Å². The van der Waals surface area contributed by atoms with E-state index in [0.29, 0.717) is 23.7 Å². The number of pyridine rings is 1. The highest BCUT2D eigenvalue weighted by molar-refractivity contribution is 5.32. The van der Waals surface area contributed by atoms with E-state index in [1.807, 2.05) is 13.0 Å². The van der Waals surface area contributed by atoms with Gasteiger partial charge in [-0.1, -0.05) is 12.1 Å². The summed E-state index contributed by atoms with van der Waals surface area (Å²) in [5.41, 5.74) is 1.25. The number of ether oxygens (including phenoxy) is 3. The molecular weight excluding hydrogens is 299 g/mol. The molecule has 0 N–H and O–H groups in total. The van der Waals surface area contributed by atoms with Crippen molar-refractivity contribution in [3.63, 3.8) is 0 Å². The number of benzene rings is 1. The van der Waals surface area contributed by atoms with E-state index in [1.54, 1.807) is 24.3 Å². The smallest absolute Gasteiger partial charge is 0.213 e. The standard InChI is InChI=1S/C17H15FN2O3/c1-11-9-22-17(23-11)15-3-2-4-16(20-15)21-10-13-6-5-12(8-19)7-14(13)18/h2-7,11,17H,9-10H2,1H3. The lowest BCUT2D eigenvalue weighted by Crippen LogP contribution is -2.06. The summed E-state index contributed by atoms with van der Waals surface area (Å²) < 4.78 is 30.4. The summed E-state index contributed by atoms with van der Waals surface area (Å²) in [7, 11) is 0. The average Bonchev–Trinajstić information content (AvgIpc) is 3.00. The van der Waals surface area contributed by atoms with Crippen LogP contribution in [0.2, 0.25) is 0 Å². The molecule has 0 aliphatic carbocycles. The maximum atomic E-state index is 13.8. The second-order valence-corrected chi connectivity index (χ2v) is 5.22. The van der Waals surface area contributed by atoms with Gasteiger partial charge in [0.25, 0.3) is 0 Å². The topological polar surface area (TPSA) is 64.4 Å². The molecule has 5 nitrogen and oxygen atoms in total. The molecule has 0 spiro atoms. The molecule has 3 rings (SSSR count). The maximum Gasteiger partial charge on any atom is 0.213 e. The van der Waals surface area contributed by atoms with Gasteiger partial charge in [0.1, 0.15) is 18.1 Å². The Hall–Kier alpha value is -2.49. The van der Waals surface area contributed by atoms with Crippen molar-refractivity contribution in [3.05, 3.63) is 59.0 Å². The quantitative estimate of drug-likeness (QED) is 0.867. The van der Waals surface area contributed by atoms with Gasteiger partial charge in [-0.05, 0) is 25.1 Å². The van der Waals surface area contributed by atoms with Gasteiger partial charge in [0.15, 0.2) is 0 Å². The molecule has 0 bridgehead atoms. The summed E-state index contributed by atoms with van der Waals surface area (Å²) in [6, 6.07) is 11.4. The Morgan fingerprint density at radius 1 is 1.39 bits per heavy atom. The molecule has 1 fully saturated rings. The largest absolute Gasteiger partial charge is 0.473 e. The fourth-order valence-corrected chi connectivity index (χ4v) is 2.20. The van der Waals surface area contributed by atoms with E-state index < -0.39 is 12.1 Å². The molecule has 118 valence electrons. The number of rotatable bonds is 4. The van der Waals surface area contributed by atoms with Gasteiger partial charge < -0.3 is 14.2 Å². The number of hydrogen-bond acceptors (Lipinski definition) is 5. The van der Waals surface area contributed by atoms with Crippen LogP contribution in [-0.2, 0) is 16.1 Å². The number of hydrogen-bond donors (Lipinski definition) is 0. The summed E-state index contributed by atoms with van der Waals surface area (Å²) in [4.78, 5) is 4.32. The SMILES string of the molecule is CC1COC(c2cccc(OCc3ccc(C#N)cc3F)n2)O1. The fourth-order valence-electron chi connectivity index (χ4n) is 2.20. The van der Waals surface area contributed by atoms with Crippen molar-refractivity contribution < 1.29 is 18.6 Å². The van der Waals surface area contributed by atoms with Gasteiger partial charge in [0, 0.05) is 11.6 Å². The van der Waals surface area contributed by atoms with E-state index in [2.05, 4.69) is 4.98 Å². The van der Waals surface area contributed by atoms with Crippen LogP contribution in [0.25, 0.3) is 0 Å². The van der Waals surface area contributed by atoms with Crippen LogP contribution >= 0.6 is 0 Å². The number of nitriles is 1. The van der Waals surface area contributed by atoms with Crippen molar-refractivity contribution in [2.45, 2.75) is 25.9 Å². The Bertz CT molecular complexity index is 745. The third-order valence-corrected chi connectivity index (χ3v) is 3.38. The Morgan fingerprint density at radius 3 is 2.96 bits per heavy atom. The van der Waals surface area contributed by atoms with E-state index in [4.69, 9.17) is 19.5 Å². The van der Waals surface area contributed by atoms with Crippen LogP contribution in [0.1, 0.15) is 30.0 Å². The van der Waals surface area contributed by atoms with Gasteiger partial charge in [-0.15, -0.1) is 0 Å². The van der Waals surface area contributed by atoms with Crippen LogP contribution < -0.4 is 4.74 Å². The predicted molar refractivity (Wildman–Crippen MR) is 78.9 cm³/mol. The van der Waals surface area contributed by atoms with Gasteiger partial charge in [0.05, 0.1) is 24.3 Å². The van der Waals surface area contributed by atoms with Crippen LogP contribution in [0, 0.1) is 17.1 Å². The third kappa shape index (κ3) is 3.65. The van der Waals surface area contributed by atoms with E-state index in [1.165, 1.54) is 12.1 Å². The summed E-state index contributed by atoms with van der Waals surface area (Å²) in [5, 5.41) is 8.73. The molecule has 1 saturated heterocycles. The molecule has 2 unspecified atom stereocenters. The van der Waals surface area contributed by atoms with Gasteiger partial charge >= 0.3 is 0 Å². The lowest BCUT2D eigenvalue weighted by atomic mass is 10.1. The molecule has 0 amide bonds. The first kappa shape index (κ1) is 15.4. The zero-order chi connectivity index (χ0) is 16.2. The monoisotopic (exact) mass is 314 g/mol. The Kier molecular flexibility index (Phi) is 4.51. The molecule has 2 aromatic rings. The highest BCUT2D eigenvalue weighted by Gasteiger charge is 2.25. The van der Waals surface area contributed by atoms with Crippen molar-refractivity contribution in [3.8, 4) is 11.9 Å². The molecule has 2 atom stereocenters. The maximum absolute atomic E-state index is 13.8. The minimum atomic E-state index is -0.500. The molecule has 23 heavy (non-hydrogen) atoms. The Labute approximate surface area is 133 Å². The van der Waals surface area contributed by atoms with Crippen LogP contribution in [-0.4, -0.2) is 17.7 Å². The number of halogens is 1. The van der Waals surface area contributed by atoms with E-state index in [-0.39, 0.29) is 18.3 Å². The summed E-state index contributed by atoms with van der Waals surface area (Å²) >= 11 is 0. The summed E-state index contributed by atoms with van der Waals surface area (Å²) in [5.74, 6) is -0.116. The molecule has 1 aliphatic rings. The lowest BCUT2D eigenvalue weighted by Gasteiger charge is -2.11. The normalized spacial score (nSPS) is 20.2. The van der Waals surface area contributed by atoms with Gasteiger partial charge in [0.2, 0.25) is 12.2 Å². The predicted octanol–water partition coefficient (Wildman–Crippen LogP) is 3.11. The van der Waals surface area contributed by atoms with Crippen LogP contribution in [0.15, 0.2) is 36.4 Å².